The van der Waals surface area contributed by atoms with Crippen LogP contribution in [0.3, 0.4) is 0 Å². The first-order valence-corrected chi connectivity index (χ1v) is 8.76. The average Bonchev–Trinajstić information content (AvgIpc) is 3.03. The van der Waals surface area contributed by atoms with E-state index in [0.717, 1.165) is 41.5 Å². The van der Waals surface area contributed by atoms with Gasteiger partial charge in [-0.15, -0.1) is 0 Å². The van der Waals surface area contributed by atoms with Crippen molar-refractivity contribution in [1.29, 1.82) is 0 Å². The van der Waals surface area contributed by atoms with Crippen LogP contribution in [0.2, 0.25) is 5.02 Å². The molecule has 1 N–H and O–H groups in total. The molecule has 3 heteroatoms. The number of hydrogen-bond acceptors (Lipinski definition) is 2. The Morgan fingerprint density at radius 3 is 2.42 bits per heavy atom. The summed E-state index contributed by atoms with van der Waals surface area (Å²) in [6, 6.07) is 13.7. The molecule has 2 aromatic carbocycles. The summed E-state index contributed by atoms with van der Waals surface area (Å²) in [6.45, 7) is 1.99. The van der Waals surface area contributed by atoms with E-state index < -0.39 is 0 Å². The van der Waals surface area contributed by atoms with E-state index >= 15 is 0 Å². The lowest BCUT2D eigenvalue weighted by atomic mass is 9.81. The molecule has 122 valence electrons. The maximum Gasteiger partial charge on any atom is 0.169 e. The van der Waals surface area contributed by atoms with Crippen molar-refractivity contribution in [2.45, 2.75) is 26.2 Å². The Balaban J connectivity index is 1.84. The number of Topliss-reactive ketones (excluding diaryl/α,β-unsaturated/α-hetero) is 1. The van der Waals surface area contributed by atoms with Crippen LogP contribution in [0.15, 0.2) is 48.2 Å². The highest BCUT2D eigenvalue weighted by molar-refractivity contribution is 6.30. The summed E-state index contributed by atoms with van der Waals surface area (Å²) in [7, 11) is 0. The molecule has 0 heterocycles. The van der Waals surface area contributed by atoms with Gasteiger partial charge >= 0.3 is 0 Å². The molecular formula is C21H19ClO2. The molecule has 4 rings (SSSR count). The molecule has 2 aliphatic rings. The van der Waals surface area contributed by atoms with Gasteiger partial charge in [0.1, 0.15) is 5.76 Å². The number of benzene rings is 2. The first-order chi connectivity index (χ1) is 11.5. The van der Waals surface area contributed by atoms with Crippen LogP contribution in [0.25, 0.3) is 16.7 Å². The van der Waals surface area contributed by atoms with Gasteiger partial charge in [-0.2, -0.15) is 0 Å². The molecule has 0 amide bonds. The predicted molar refractivity (Wildman–Crippen MR) is 97.0 cm³/mol. The van der Waals surface area contributed by atoms with Crippen molar-refractivity contribution in [2.24, 2.45) is 11.8 Å². The standard InChI is InChI=1S/C21H19ClO2/c1-12-2-3-14(13-6-8-17(22)9-7-13)11-18(12)19-20(23)15-4-5-16(10-15)21(19)24/h2-3,6-9,11,15-16,23H,4-5,10H2,1H3. The lowest BCUT2D eigenvalue weighted by molar-refractivity contribution is -0.117. The van der Waals surface area contributed by atoms with Gasteiger partial charge in [0.05, 0.1) is 5.57 Å². The van der Waals surface area contributed by atoms with Crippen LogP contribution >= 0.6 is 11.6 Å². The fourth-order valence-electron chi connectivity index (χ4n) is 3.99. The van der Waals surface area contributed by atoms with Crippen molar-refractivity contribution in [2.75, 3.05) is 0 Å². The smallest absolute Gasteiger partial charge is 0.169 e. The fraction of sp³-hybridized carbons (Fsp3) is 0.286. The summed E-state index contributed by atoms with van der Waals surface area (Å²) in [4.78, 5) is 12.8. The minimum absolute atomic E-state index is 0.0829. The third-order valence-electron chi connectivity index (χ3n) is 5.38. The summed E-state index contributed by atoms with van der Waals surface area (Å²) < 4.78 is 0. The van der Waals surface area contributed by atoms with Crippen LogP contribution in [-0.2, 0) is 4.79 Å². The number of ketones is 1. The number of rotatable bonds is 2. The number of carbonyl (C=O) groups is 1. The molecule has 0 aliphatic heterocycles. The van der Waals surface area contributed by atoms with E-state index in [1.165, 1.54) is 0 Å². The number of allylic oxidation sites excluding steroid dienone is 2. The van der Waals surface area contributed by atoms with Gasteiger partial charge in [-0.25, -0.2) is 0 Å². The number of hydrogen-bond donors (Lipinski definition) is 1. The summed E-state index contributed by atoms with van der Waals surface area (Å²) in [5.74, 6) is 0.642. The zero-order chi connectivity index (χ0) is 16.8. The lowest BCUT2D eigenvalue weighted by Crippen LogP contribution is -2.21. The predicted octanol–water partition coefficient (Wildman–Crippen LogP) is 5.58. The topological polar surface area (TPSA) is 37.3 Å². The molecule has 1 saturated carbocycles. The Morgan fingerprint density at radius 1 is 1.00 bits per heavy atom. The van der Waals surface area contributed by atoms with Crippen LogP contribution < -0.4 is 0 Å². The van der Waals surface area contributed by atoms with E-state index in [9.17, 15) is 9.90 Å². The molecule has 0 aromatic heterocycles. The Labute approximate surface area is 146 Å². The van der Waals surface area contributed by atoms with Crippen molar-refractivity contribution >= 4 is 23.0 Å². The van der Waals surface area contributed by atoms with Crippen LogP contribution in [-0.4, -0.2) is 10.9 Å². The van der Waals surface area contributed by atoms with E-state index in [1.807, 2.05) is 49.4 Å². The first-order valence-electron chi connectivity index (χ1n) is 8.39. The van der Waals surface area contributed by atoms with Crippen molar-refractivity contribution in [3.05, 3.63) is 64.4 Å². The maximum absolute atomic E-state index is 12.8. The van der Waals surface area contributed by atoms with E-state index in [2.05, 4.69) is 0 Å². The summed E-state index contributed by atoms with van der Waals surface area (Å²) in [5.41, 5.74) is 4.50. The zero-order valence-corrected chi connectivity index (χ0v) is 14.3. The normalized spacial score (nSPS) is 23.0. The minimum atomic E-state index is 0.0829. The molecule has 2 bridgehead atoms. The third kappa shape index (κ3) is 2.46. The Hall–Kier alpha value is -2.06. The molecule has 2 nitrogen and oxygen atoms in total. The van der Waals surface area contributed by atoms with Crippen LogP contribution in [0, 0.1) is 18.8 Å². The molecule has 24 heavy (non-hydrogen) atoms. The summed E-state index contributed by atoms with van der Waals surface area (Å²) in [6.07, 6.45) is 2.62. The number of fused-ring (bicyclic) bond motifs is 2. The van der Waals surface area contributed by atoms with Crippen LogP contribution in [0.1, 0.15) is 30.4 Å². The van der Waals surface area contributed by atoms with Crippen molar-refractivity contribution < 1.29 is 9.90 Å². The van der Waals surface area contributed by atoms with Gasteiger partial charge in [-0.05, 0) is 66.6 Å². The van der Waals surface area contributed by atoms with Gasteiger partial charge in [0, 0.05) is 16.9 Å². The average molecular weight is 339 g/mol. The van der Waals surface area contributed by atoms with Gasteiger partial charge < -0.3 is 5.11 Å². The number of halogens is 1. The quantitative estimate of drug-likeness (QED) is 0.775. The first kappa shape index (κ1) is 15.5. The van der Waals surface area contributed by atoms with E-state index in [-0.39, 0.29) is 17.6 Å². The molecule has 2 aliphatic carbocycles. The number of carbonyl (C=O) groups excluding carboxylic acids is 1. The van der Waals surface area contributed by atoms with Gasteiger partial charge in [0.15, 0.2) is 5.78 Å². The third-order valence-corrected chi connectivity index (χ3v) is 5.63. The van der Waals surface area contributed by atoms with Crippen LogP contribution in [0.4, 0.5) is 0 Å². The van der Waals surface area contributed by atoms with Crippen molar-refractivity contribution in [3.63, 3.8) is 0 Å². The molecule has 2 atom stereocenters. The molecule has 2 unspecified atom stereocenters. The van der Waals surface area contributed by atoms with Gasteiger partial charge in [-0.3, -0.25) is 4.79 Å². The van der Waals surface area contributed by atoms with E-state index in [4.69, 9.17) is 11.6 Å². The minimum Gasteiger partial charge on any atom is -0.511 e. The second-order valence-electron chi connectivity index (χ2n) is 6.87. The van der Waals surface area contributed by atoms with E-state index in [0.29, 0.717) is 16.4 Å². The van der Waals surface area contributed by atoms with Gasteiger partial charge in [0.2, 0.25) is 0 Å². The highest BCUT2D eigenvalue weighted by Crippen LogP contribution is 2.46. The second kappa shape index (κ2) is 5.78. The number of aryl methyl sites for hydroxylation is 1. The lowest BCUT2D eigenvalue weighted by Gasteiger charge is -2.23. The van der Waals surface area contributed by atoms with E-state index in [1.54, 1.807) is 0 Å². The van der Waals surface area contributed by atoms with Crippen LogP contribution in [0.5, 0.6) is 0 Å². The largest absolute Gasteiger partial charge is 0.511 e. The SMILES string of the molecule is Cc1ccc(-c2ccc(Cl)cc2)cc1C1=C(O)C2CCC(C2)C1=O. The molecular weight excluding hydrogens is 320 g/mol. The highest BCUT2D eigenvalue weighted by Gasteiger charge is 2.41. The van der Waals surface area contributed by atoms with Crippen molar-refractivity contribution in [3.8, 4) is 11.1 Å². The Kier molecular flexibility index (Phi) is 3.73. The molecule has 1 fully saturated rings. The second-order valence-corrected chi connectivity index (χ2v) is 7.30. The molecule has 0 spiro atoms. The molecule has 0 saturated heterocycles. The van der Waals surface area contributed by atoms with Gasteiger partial charge in [0.25, 0.3) is 0 Å². The Bertz CT molecular complexity index is 849. The molecule has 0 radical (unpaired) electrons. The zero-order valence-electron chi connectivity index (χ0n) is 13.6. The number of aliphatic hydroxyl groups excluding tert-OH is 1. The monoisotopic (exact) mass is 338 g/mol. The van der Waals surface area contributed by atoms with Crippen molar-refractivity contribution in [1.82, 2.24) is 0 Å². The number of aliphatic hydroxyl groups is 1. The highest BCUT2D eigenvalue weighted by atomic mass is 35.5. The molecule has 2 aromatic rings. The Morgan fingerprint density at radius 2 is 1.67 bits per heavy atom. The maximum atomic E-state index is 12.8. The fourth-order valence-corrected chi connectivity index (χ4v) is 4.11. The summed E-state index contributed by atoms with van der Waals surface area (Å²) >= 11 is 5.97. The summed E-state index contributed by atoms with van der Waals surface area (Å²) in [5, 5.41) is 11.3. The van der Waals surface area contributed by atoms with Gasteiger partial charge in [-0.1, -0.05) is 35.9 Å².